The van der Waals surface area contributed by atoms with Crippen molar-refractivity contribution in [2.45, 2.75) is 13.8 Å². The van der Waals surface area contributed by atoms with E-state index >= 15 is 0 Å². The summed E-state index contributed by atoms with van der Waals surface area (Å²) in [5.74, 6) is 0. The van der Waals surface area contributed by atoms with E-state index in [9.17, 15) is 16.8 Å². The van der Waals surface area contributed by atoms with Crippen LogP contribution in [0.25, 0.3) is 11.1 Å². The van der Waals surface area contributed by atoms with Gasteiger partial charge in [0, 0.05) is 0 Å². The molecule has 0 heterocycles. The highest BCUT2D eigenvalue weighted by atomic mass is 32.2. The summed E-state index contributed by atoms with van der Waals surface area (Å²) in [7, 11) is -9.10. The van der Waals surface area contributed by atoms with Crippen LogP contribution in [0.3, 0.4) is 0 Å². The van der Waals surface area contributed by atoms with Crippen molar-refractivity contribution < 1.29 is 25.9 Å². The Labute approximate surface area is 150 Å². The predicted molar refractivity (Wildman–Crippen MR) is 93.5 cm³/mol. The molecule has 0 aliphatic rings. The van der Waals surface area contributed by atoms with E-state index in [4.69, 9.17) is 9.11 Å². The van der Waals surface area contributed by atoms with Crippen molar-refractivity contribution >= 4 is 32.0 Å². The first-order valence-electron chi connectivity index (χ1n) is 6.97. The van der Waals surface area contributed by atoms with Gasteiger partial charge in [0.05, 0.1) is 11.4 Å². The fourth-order valence-corrected chi connectivity index (χ4v) is 2.47. The first kappa shape index (κ1) is 19.8. The third-order valence-electron chi connectivity index (χ3n) is 3.23. The molecule has 10 nitrogen and oxygen atoms in total. The lowest BCUT2D eigenvalue weighted by Crippen LogP contribution is -1.89. The average Bonchev–Trinajstić information content (AvgIpc) is 2.50. The second kappa shape index (κ2) is 7.37. The molecule has 0 aliphatic carbocycles. The highest BCUT2D eigenvalue weighted by Gasteiger charge is 2.07. The first-order chi connectivity index (χ1) is 11.9. The Kier molecular flexibility index (Phi) is 5.61. The highest BCUT2D eigenvalue weighted by molar-refractivity contribution is 7.84. The van der Waals surface area contributed by atoms with Gasteiger partial charge in [-0.3, -0.25) is 9.11 Å². The van der Waals surface area contributed by atoms with Crippen LogP contribution < -0.4 is 0 Å². The zero-order valence-electron chi connectivity index (χ0n) is 13.6. The second-order valence-corrected chi connectivity index (χ2v) is 7.38. The molecule has 12 heteroatoms. The molecular weight excluding hydrogens is 384 g/mol. The molecule has 0 fully saturated rings. The van der Waals surface area contributed by atoms with Gasteiger partial charge in [-0.1, -0.05) is 12.1 Å². The van der Waals surface area contributed by atoms with Gasteiger partial charge in [0.2, 0.25) is 0 Å². The molecule has 2 rings (SSSR count). The molecule has 0 amide bonds. The van der Waals surface area contributed by atoms with Crippen molar-refractivity contribution in [3.05, 3.63) is 47.5 Å². The molecule has 0 aliphatic heterocycles. The Morgan fingerprint density at radius 1 is 0.692 bits per heavy atom. The zero-order chi connectivity index (χ0) is 19.5. The van der Waals surface area contributed by atoms with E-state index in [2.05, 4.69) is 19.3 Å². The number of aryl methyl sites for hydroxylation is 2. The van der Waals surface area contributed by atoms with Gasteiger partial charge in [-0.2, -0.15) is 16.8 Å². The lowest BCUT2D eigenvalue weighted by atomic mass is 10.0. The summed E-state index contributed by atoms with van der Waals surface area (Å²) in [5, 5.41) is 6.94. The Balaban J connectivity index is 2.35. The molecule has 138 valence electrons. The summed E-state index contributed by atoms with van der Waals surface area (Å²) in [6.07, 6.45) is 0. The van der Waals surface area contributed by atoms with Crippen LogP contribution in [0.1, 0.15) is 11.1 Å². The van der Waals surface area contributed by atoms with E-state index in [0.717, 1.165) is 11.1 Å². The fourth-order valence-electron chi connectivity index (χ4n) is 2.09. The van der Waals surface area contributed by atoms with Gasteiger partial charge in [0.15, 0.2) is 0 Å². The van der Waals surface area contributed by atoms with Crippen LogP contribution in [0.15, 0.2) is 55.7 Å². The number of hydrogen-bond acceptors (Lipinski definition) is 6. The van der Waals surface area contributed by atoms with Crippen molar-refractivity contribution in [1.82, 2.24) is 0 Å². The van der Waals surface area contributed by atoms with Crippen molar-refractivity contribution in [2.24, 2.45) is 19.3 Å². The monoisotopic (exact) mass is 398 g/mol. The Hall–Kier alpha value is -2.54. The second-order valence-electron chi connectivity index (χ2n) is 5.26. The van der Waals surface area contributed by atoms with Gasteiger partial charge in [0.25, 0.3) is 0 Å². The minimum absolute atomic E-state index is 0.279. The summed E-state index contributed by atoms with van der Waals surface area (Å²) < 4.78 is 65.3. The first-order valence-corrected chi connectivity index (χ1v) is 9.76. The molecule has 2 aromatic carbocycles. The Morgan fingerprint density at radius 3 is 1.31 bits per heavy atom. The molecule has 0 radical (unpaired) electrons. The van der Waals surface area contributed by atoms with E-state index < -0.39 is 20.6 Å². The molecular formula is C14H14N4O6S2. The smallest absolute Gasteiger partial charge is 0.267 e. The third-order valence-corrected chi connectivity index (χ3v) is 3.81. The van der Waals surface area contributed by atoms with Crippen molar-refractivity contribution in [1.29, 1.82) is 0 Å². The number of hydrogen-bond donors (Lipinski definition) is 2. The largest absolute Gasteiger partial charge is 0.396 e. The van der Waals surface area contributed by atoms with E-state index in [0.29, 0.717) is 11.1 Å². The van der Waals surface area contributed by atoms with E-state index in [1.54, 1.807) is 50.2 Å². The van der Waals surface area contributed by atoms with Crippen LogP contribution in [0.5, 0.6) is 0 Å². The molecule has 0 saturated heterocycles. The normalized spacial score (nSPS) is 12.9. The third kappa shape index (κ3) is 5.77. The Morgan fingerprint density at radius 2 is 1.04 bits per heavy atom. The fraction of sp³-hybridized carbons (Fsp3) is 0.143. The average molecular weight is 398 g/mol. The minimum atomic E-state index is -4.55. The number of rotatable bonds is 5. The van der Waals surface area contributed by atoms with Gasteiger partial charge in [-0.15, -0.1) is 10.2 Å². The van der Waals surface area contributed by atoms with Gasteiger partial charge < -0.3 is 0 Å². The summed E-state index contributed by atoms with van der Waals surface area (Å²) >= 11 is 0. The summed E-state index contributed by atoms with van der Waals surface area (Å²) in [6.45, 7) is 3.40. The Bertz CT molecular complexity index is 1020. The lowest BCUT2D eigenvalue weighted by Gasteiger charge is -2.07. The molecule has 0 saturated carbocycles. The maximum atomic E-state index is 10.6. The number of benzene rings is 2. The molecule has 0 bridgehead atoms. The van der Waals surface area contributed by atoms with Gasteiger partial charge in [-0.05, 0) is 69.4 Å². The molecule has 26 heavy (non-hydrogen) atoms. The zero-order valence-corrected chi connectivity index (χ0v) is 15.2. The van der Waals surface area contributed by atoms with Gasteiger partial charge in [0.1, 0.15) is 0 Å². The molecule has 0 aromatic heterocycles. The van der Waals surface area contributed by atoms with E-state index in [1.807, 2.05) is 0 Å². The molecule has 2 N–H and O–H groups in total. The van der Waals surface area contributed by atoms with Crippen LogP contribution in [0, 0.1) is 13.8 Å². The van der Waals surface area contributed by atoms with Crippen LogP contribution in [0.2, 0.25) is 0 Å². The van der Waals surface area contributed by atoms with Gasteiger partial charge in [-0.25, -0.2) is 0 Å². The highest BCUT2D eigenvalue weighted by Crippen LogP contribution is 2.30. The van der Waals surface area contributed by atoms with Crippen LogP contribution in [-0.4, -0.2) is 25.9 Å². The van der Waals surface area contributed by atoms with E-state index in [-0.39, 0.29) is 11.4 Å². The molecule has 0 unspecified atom stereocenters. The minimum Gasteiger partial charge on any atom is -0.267 e. The maximum absolute atomic E-state index is 10.6. The predicted octanol–water partition coefficient (Wildman–Crippen LogP) is 3.74. The van der Waals surface area contributed by atoms with Crippen LogP contribution in [-0.2, 0) is 20.6 Å². The topological polar surface area (TPSA) is 158 Å². The van der Waals surface area contributed by atoms with Crippen LogP contribution >= 0.6 is 0 Å². The summed E-state index contributed by atoms with van der Waals surface area (Å²) in [6, 6.07) is 9.93. The van der Waals surface area contributed by atoms with Crippen molar-refractivity contribution in [3.8, 4) is 11.1 Å². The van der Waals surface area contributed by atoms with Crippen LogP contribution in [0.4, 0.5) is 11.4 Å². The summed E-state index contributed by atoms with van der Waals surface area (Å²) in [5.41, 5.74) is 3.39. The molecule has 2 aromatic rings. The lowest BCUT2D eigenvalue weighted by molar-refractivity contribution is 0.480. The quantitative estimate of drug-likeness (QED) is 0.576. The van der Waals surface area contributed by atoms with Crippen molar-refractivity contribution in [3.63, 3.8) is 0 Å². The maximum Gasteiger partial charge on any atom is 0.396 e. The van der Waals surface area contributed by atoms with Gasteiger partial charge >= 0.3 is 20.6 Å². The van der Waals surface area contributed by atoms with Crippen molar-refractivity contribution in [2.75, 3.05) is 0 Å². The number of nitrogens with zero attached hydrogens (tertiary/aromatic N) is 4. The molecule has 0 atom stereocenters. The van der Waals surface area contributed by atoms with E-state index in [1.165, 1.54) is 0 Å². The molecule has 0 spiro atoms. The standard InChI is InChI=1S/C14H14N4O6S2/c1-9-7-11(3-5-13(9)15-17-25(19,20)21)12-4-6-14(10(2)8-12)16-18-26(22,23)24/h3-8H,1-2H3,(H,19,20,21)(H,22,23,24). The SMILES string of the molecule is Cc1cc(-c2ccc(N=NS(=O)(=O)O)c(C)c2)ccc1N=NS(=O)(=O)O. The summed E-state index contributed by atoms with van der Waals surface area (Å²) in [4.78, 5) is 0.